The number of hydrogen-bond acceptors (Lipinski definition) is 5. The van der Waals surface area contributed by atoms with E-state index in [1.807, 2.05) is 26.0 Å². The van der Waals surface area contributed by atoms with Gasteiger partial charge >= 0.3 is 5.97 Å². The van der Waals surface area contributed by atoms with Gasteiger partial charge in [-0.25, -0.2) is 4.98 Å². The summed E-state index contributed by atoms with van der Waals surface area (Å²) in [5.41, 5.74) is 2.22. The Morgan fingerprint density at radius 1 is 1.14 bits per heavy atom. The average Bonchev–Trinajstić information content (AvgIpc) is 3.46. The van der Waals surface area contributed by atoms with E-state index < -0.39 is 24.5 Å². The number of amides is 1. The molecule has 1 aromatic carbocycles. The summed E-state index contributed by atoms with van der Waals surface area (Å²) < 4.78 is 2.30. The number of carbonyl (C=O) groups is 2. The van der Waals surface area contributed by atoms with E-state index in [0.717, 1.165) is 42.5 Å². The van der Waals surface area contributed by atoms with Crippen LogP contribution in [-0.4, -0.2) is 43.8 Å². The highest BCUT2D eigenvalue weighted by Gasteiger charge is 2.26. The first-order chi connectivity index (χ1) is 16.8. The first-order valence-electron chi connectivity index (χ1n) is 12.5. The van der Waals surface area contributed by atoms with Crippen molar-refractivity contribution < 1.29 is 19.8 Å². The normalized spacial score (nSPS) is 14.2. The van der Waals surface area contributed by atoms with Crippen LogP contribution >= 0.6 is 11.3 Å². The van der Waals surface area contributed by atoms with Gasteiger partial charge in [0, 0.05) is 22.9 Å². The van der Waals surface area contributed by atoms with E-state index in [1.165, 1.54) is 4.88 Å². The predicted molar refractivity (Wildman–Crippen MR) is 140 cm³/mol. The third-order valence-corrected chi connectivity index (χ3v) is 7.64. The third-order valence-electron chi connectivity index (χ3n) is 6.76. The van der Waals surface area contributed by atoms with Crippen molar-refractivity contribution in [1.29, 1.82) is 0 Å². The molecular weight excluding hydrogens is 462 g/mol. The second-order valence-corrected chi connectivity index (χ2v) is 10.4. The van der Waals surface area contributed by atoms with E-state index in [0.29, 0.717) is 18.0 Å². The molecule has 7 nitrogen and oxygen atoms in total. The fourth-order valence-corrected chi connectivity index (χ4v) is 5.23. The zero-order valence-electron chi connectivity index (χ0n) is 21.0. The van der Waals surface area contributed by atoms with Gasteiger partial charge in [0.05, 0.1) is 29.6 Å². The lowest BCUT2D eigenvalue weighted by Gasteiger charge is -2.25. The van der Waals surface area contributed by atoms with Crippen molar-refractivity contribution in [2.45, 2.75) is 84.4 Å². The SMILES string of the molecule is CCC(C)CC(NC(=O)c1ccc2c(c1)nc(Cc1cccs1)n2C(CC)CC)C(O)CC(=O)O. The number of aliphatic hydroxyl groups is 1. The number of benzene rings is 1. The monoisotopic (exact) mass is 499 g/mol. The lowest BCUT2D eigenvalue weighted by molar-refractivity contribution is -0.139. The van der Waals surface area contributed by atoms with Gasteiger partial charge in [0.15, 0.2) is 0 Å². The number of hydrogen-bond donors (Lipinski definition) is 3. The Morgan fingerprint density at radius 2 is 1.89 bits per heavy atom. The van der Waals surface area contributed by atoms with Crippen LogP contribution in [0.15, 0.2) is 35.7 Å². The molecule has 2 heterocycles. The molecule has 3 N–H and O–H groups in total. The van der Waals surface area contributed by atoms with Crippen molar-refractivity contribution in [1.82, 2.24) is 14.9 Å². The highest BCUT2D eigenvalue weighted by molar-refractivity contribution is 7.09. The Hall–Kier alpha value is -2.71. The van der Waals surface area contributed by atoms with Gasteiger partial charge in [-0.15, -0.1) is 11.3 Å². The van der Waals surface area contributed by atoms with E-state index in [4.69, 9.17) is 10.1 Å². The molecule has 35 heavy (non-hydrogen) atoms. The average molecular weight is 500 g/mol. The van der Waals surface area contributed by atoms with Gasteiger partial charge in [-0.2, -0.15) is 0 Å². The maximum atomic E-state index is 13.2. The number of carboxylic acids is 1. The molecule has 0 aliphatic rings. The number of rotatable bonds is 13. The summed E-state index contributed by atoms with van der Waals surface area (Å²) in [4.78, 5) is 30.5. The van der Waals surface area contributed by atoms with Gasteiger partial charge in [-0.1, -0.05) is 40.2 Å². The van der Waals surface area contributed by atoms with Crippen molar-refractivity contribution in [2.24, 2.45) is 5.92 Å². The van der Waals surface area contributed by atoms with Gasteiger partial charge in [-0.05, 0) is 54.8 Å². The van der Waals surface area contributed by atoms with Crippen LogP contribution in [0.4, 0.5) is 0 Å². The number of carboxylic acid groups (broad SMARTS) is 1. The minimum Gasteiger partial charge on any atom is -0.481 e. The van der Waals surface area contributed by atoms with Crippen LogP contribution in [0.25, 0.3) is 11.0 Å². The minimum atomic E-state index is -1.15. The number of nitrogens with zero attached hydrogens (tertiary/aromatic N) is 2. The molecule has 0 aliphatic carbocycles. The maximum Gasteiger partial charge on any atom is 0.306 e. The lowest BCUT2D eigenvalue weighted by atomic mass is 9.94. The first-order valence-corrected chi connectivity index (χ1v) is 13.4. The van der Waals surface area contributed by atoms with E-state index >= 15 is 0 Å². The smallest absolute Gasteiger partial charge is 0.306 e. The Bertz CT molecular complexity index is 1120. The number of fused-ring (bicyclic) bond motifs is 1. The standard InChI is InChI=1S/C27H37N3O4S/c1-5-17(4)13-22(24(31)16-26(32)33)29-27(34)18-10-11-23-21(14-18)28-25(15-20-9-8-12-35-20)30(23)19(6-2)7-3/h8-12,14,17,19,22,24,31H,5-7,13,15-16H2,1-4H3,(H,29,34)(H,32,33). The van der Waals surface area contributed by atoms with Crippen LogP contribution in [0.1, 0.15) is 86.9 Å². The summed E-state index contributed by atoms with van der Waals surface area (Å²) in [6.45, 7) is 8.41. The molecule has 0 bridgehead atoms. The third kappa shape index (κ3) is 6.70. The fraction of sp³-hybridized carbons (Fsp3) is 0.519. The highest BCUT2D eigenvalue weighted by atomic mass is 32.1. The van der Waals surface area contributed by atoms with Crippen molar-refractivity contribution in [2.75, 3.05) is 0 Å². The first kappa shape index (κ1) is 26.9. The minimum absolute atomic E-state index is 0.238. The van der Waals surface area contributed by atoms with Gasteiger partial charge in [-0.3, -0.25) is 9.59 Å². The summed E-state index contributed by atoms with van der Waals surface area (Å²) in [5.74, 6) is -0.198. The topological polar surface area (TPSA) is 104 Å². The van der Waals surface area contributed by atoms with Gasteiger partial charge in [0.25, 0.3) is 5.91 Å². The molecule has 0 spiro atoms. The van der Waals surface area contributed by atoms with Crippen molar-refractivity contribution in [3.05, 3.63) is 52.0 Å². The van der Waals surface area contributed by atoms with E-state index in [2.05, 4.69) is 35.2 Å². The lowest BCUT2D eigenvalue weighted by Crippen LogP contribution is -2.45. The summed E-state index contributed by atoms with van der Waals surface area (Å²) in [7, 11) is 0. The van der Waals surface area contributed by atoms with Gasteiger partial charge in [0.1, 0.15) is 5.82 Å². The molecule has 0 fully saturated rings. The molecule has 0 aliphatic heterocycles. The van der Waals surface area contributed by atoms with Crippen molar-refractivity contribution in [3.63, 3.8) is 0 Å². The summed E-state index contributed by atoms with van der Waals surface area (Å²) >= 11 is 1.71. The molecule has 0 saturated carbocycles. The molecule has 8 heteroatoms. The number of carbonyl (C=O) groups excluding carboxylic acids is 1. The highest BCUT2D eigenvalue weighted by Crippen LogP contribution is 2.28. The quantitative estimate of drug-likeness (QED) is 0.291. The molecule has 0 radical (unpaired) electrons. The number of imidazole rings is 1. The number of aliphatic hydroxyl groups excluding tert-OH is 1. The Kier molecular flexibility index (Phi) is 9.46. The summed E-state index contributed by atoms with van der Waals surface area (Å²) in [5, 5.41) is 24.5. The van der Waals surface area contributed by atoms with Crippen LogP contribution in [0.2, 0.25) is 0 Å². The molecular formula is C27H37N3O4S. The molecule has 190 valence electrons. The number of aromatic nitrogens is 2. The van der Waals surface area contributed by atoms with Crippen LogP contribution in [0, 0.1) is 5.92 Å². The molecule has 3 aromatic rings. The van der Waals surface area contributed by atoms with Crippen LogP contribution < -0.4 is 5.32 Å². The Labute approximate surface area is 211 Å². The Morgan fingerprint density at radius 3 is 2.49 bits per heavy atom. The molecule has 3 rings (SSSR count). The van der Waals surface area contributed by atoms with E-state index in [-0.39, 0.29) is 11.8 Å². The number of thiophene rings is 1. The van der Waals surface area contributed by atoms with Crippen molar-refractivity contribution in [3.8, 4) is 0 Å². The van der Waals surface area contributed by atoms with Crippen LogP contribution in [0.3, 0.4) is 0 Å². The second-order valence-electron chi connectivity index (χ2n) is 9.32. The number of nitrogens with one attached hydrogen (secondary N) is 1. The Balaban J connectivity index is 1.92. The van der Waals surface area contributed by atoms with Gasteiger partial charge < -0.3 is 20.1 Å². The zero-order chi connectivity index (χ0) is 25.5. The molecule has 2 aromatic heterocycles. The summed E-state index contributed by atoms with van der Waals surface area (Å²) in [6.07, 6.45) is 2.53. The van der Waals surface area contributed by atoms with E-state index in [9.17, 15) is 14.7 Å². The predicted octanol–water partition coefficient (Wildman–Crippen LogP) is 5.42. The van der Waals surface area contributed by atoms with E-state index in [1.54, 1.807) is 23.5 Å². The fourth-order valence-electron chi connectivity index (χ4n) is 4.53. The second kappa shape index (κ2) is 12.3. The molecule has 3 atom stereocenters. The van der Waals surface area contributed by atoms with Crippen LogP contribution in [-0.2, 0) is 11.2 Å². The molecule has 1 amide bonds. The molecule has 3 unspecified atom stereocenters. The largest absolute Gasteiger partial charge is 0.481 e. The molecule has 0 saturated heterocycles. The summed E-state index contributed by atoms with van der Waals surface area (Å²) in [6, 6.07) is 9.37. The van der Waals surface area contributed by atoms with Crippen LogP contribution in [0.5, 0.6) is 0 Å². The van der Waals surface area contributed by atoms with Gasteiger partial charge in [0.2, 0.25) is 0 Å². The van der Waals surface area contributed by atoms with Crippen molar-refractivity contribution >= 4 is 34.2 Å². The maximum absolute atomic E-state index is 13.2. The zero-order valence-corrected chi connectivity index (χ0v) is 21.8. The number of aliphatic carboxylic acids is 1.